The summed E-state index contributed by atoms with van der Waals surface area (Å²) in [5.41, 5.74) is 11.4. The molecule has 3 aromatic heterocycles. The van der Waals surface area contributed by atoms with Gasteiger partial charge in [0.15, 0.2) is 6.20 Å². The van der Waals surface area contributed by atoms with Crippen molar-refractivity contribution in [2.24, 2.45) is 7.05 Å². The van der Waals surface area contributed by atoms with Crippen LogP contribution in [-0.2, 0) is 7.05 Å². The second-order valence-corrected chi connectivity index (χ2v) is 9.97. The minimum Gasteiger partial charge on any atom is -0.454 e. The summed E-state index contributed by atoms with van der Waals surface area (Å²) in [5.74, 6) is 0. The molecule has 0 bridgehead atoms. The highest BCUT2D eigenvalue weighted by atomic mass is 16.3. The molecule has 0 unspecified atom stereocenters. The zero-order chi connectivity index (χ0) is 26.3. The number of hydrogen-bond acceptors (Lipinski definition) is 2. The van der Waals surface area contributed by atoms with Gasteiger partial charge in [0, 0.05) is 39.6 Å². The molecule has 39 heavy (non-hydrogen) atoms. The molecule has 0 N–H and O–H groups in total. The van der Waals surface area contributed by atoms with Gasteiger partial charge in [0.2, 0.25) is 5.69 Å². The van der Waals surface area contributed by atoms with Crippen molar-refractivity contribution in [1.29, 1.82) is 0 Å². The van der Waals surface area contributed by atoms with E-state index in [4.69, 9.17) is 9.40 Å². The van der Waals surface area contributed by atoms with Gasteiger partial charge in [-0.25, -0.2) is 9.55 Å². The smallest absolute Gasteiger partial charge is 0.216 e. The molecule has 0 aliphatic rings. The molecule has 3 heteroatoms. The van der Waals surface area contributed by atoms with Crippen molar-refractivity contribution in [2.75, 3.05) is 0 Å². The van der Waals surface area contributed by atoms with E-state index in [1.54, 1.807) is 0 Å². The Morgan fingerprint density at radius 1 is 0.590 bits per heavy atom. The highest BCUT2D eigenvalue weighted by Crippen LogP contribution is 2.41. The first-order valence-electron chi connectivity index (χ1n) is 13.2. The van der Waals surface area contributed by atoms with Crippen molar-refractivity contribution in [3.8, 4) is 44.9 Å². The summed E-state index contributed by atoms with van der Waals surface area (Å²) in [5, 5.41) is 2.23. The van der Waals surface area contributed by atoms with Crippen molar-refractivity contribution in [3.63, 3.8) is 0 Å². The molecule has 4 aromatic carbocycles. The Hall–Kier alpha value is -5.02. The molecule has 0 aliphatic carbocycles. The number of benzene rings is 4. The number of fused-ring (bicyclic) bond motifs is 3. The maximum atomic E-state index is 6.82. The Balaban J connectivity index is 1.51. The Labute approximate surface area is 227 Å². The third-order valence-electron chi connectivity index (χ3n) is 7.46. The molecule has 0 amide bonds. The van der Waals surface area contributed by atoms with E-state index in [0.29, 0.717) is 0 Å². The average molecular weight is 504 g/mol. The van der Waals surface area contributed by atoms with Crippen LogP contribution in [0.2, 0.25) is 0 Å². The van der Waals surface area contributed by atoms with Crippen molar-refractivity contribution >= 4 is 21.9 Å². The van der Waals surface area contributed by atoms with Gasteiger partial charge in [0.1, 0.15) is 18.2 Å². The van der Waals surface area contributed by atoms with E-state index in [-0.39, 0.29) is 0 Å². The SMILES string of the molecule is Cc1ccc2c(oc3c(-c4cc(-c5ccccc5)nc(-c5ccccc5)c4)cccc32)c1-c1cccc[n+]1C. The summed E-state index contributed by atoms with van der Waals surface area (Å²) in [6, 6.07) is 42.2. The number of hydrogen-bond donors (Lipinski definition) is 0. The first kappa shape index (κ1) is 23.1. The first-order valence-corrected chi connectivity index (χ1v) is 13.2. The summed E-state index contributed by atoms with van der Waals surface area (Å²) < 4.78 is 8.97. The standard InChI is InChI=1S/C36H27N2O/c1-24-19-20-30-29-17-11-16-28(35(29)39-36(30)34(24)33-18-9-10-21-38(33)2)27-22-31(25-12-5-3-6-13-25)37-32(23-27)26-14-7-4-8-15-26/h3-23H,1-2H3/q+1. The fourth-order valence-electron chi connectivity index (χ4n) is 5.49. The molecule has 186 valence electrons. The average Bonchev–Trinajstić information content (AvgIpc) is 3.37. The van der Waals surface area contributed by atoms with Crippen LogP contribution < -0.4 is 4.57 Å². The molecule has 0 atom stereocenters. The van der Waals surface area contributed by atoms with Crippen LogP contribution in [0.15, 0.2) is 132 Å². The minimum atomic E-state index is 0.891. The Bertz CT molecular complexity index is 1910. The number of rotatable bonds is 4. The van der Waals surface area contributed by atoms with Crippen LogP contribution in [0.4, 0.5) is 0 Å². The summed E-state index contributed by atoms with van der Waals surface area (Å²) in [7, 11) is 2.08. The Morgan fingerprint density at radius 3 is 1.90 bits per heavy atom. The van der Waals surface area contributed by atoms with Crippen LogP contribution >= 0.6 is 0 Å². The number of aryl methyl sites for hydroxylation is 2. The van der Waals surface area contributed by atoms with Crippen LogP contribution in [-0.4, -0.2) is 4.98 Å². The molecule has 3 nitrogen and oxygen atoms in total. The molecule has 7 rings (SSSR count). The van der Waals surface area contributed by atoms with Crippen LogP contribution in [0.1, 0.15) is 5.56 Å². The molecule has 0 saturated carbocycles. The van der Waals surface area contributed by atoms with Gasteiger partial charge in [-0.3, -0.25) is 0 Å². The first-order chi connectivity index (χ1) is 19.2. The van der Waals surface area contributed by atoms with Gasteiger partial charge >= 0.3 is 0 Å². The molecule has 0 radical (unpaired) electrons. The van der Waals surface area contributed by atoms with Gasteiger partial charge in [0.25, 0.3) is 0 Å². The second-order valence-electron chi connectivity index (χ2n) is 9.97. The molecule has 7 aromatic rings. The van der Waals surface area contributed by atoms with E-state index in [9.17, 15) is 0 Å². The lowest BCUT2D eigenvalue weighted by Crippen LogP contribution is -2.30. The molecule has 3 heterocycles. The fourth-order valence-corrected chi connectivity index (χ4v) is 5.49. The largest absolute Gasteiger partial charge is 0.454 e. The van der Waals surface area contributed by atoms with E-state index < -0.39 is 0 Å². The minimum absolute atomic E-state index is 0.891. The van der Waals surface area contributed by atoms with E-state index in [1.165, 1.54) is 5.56 Å². The van der Waals surface area contributed by atoms with E-state index >= 15 is 0 Å². The van der Waals surface area contributed by atoms with Crippen molar-refractivity contribution in [1.82, 2.24) is 4.98 Å². The lowest BCUT2D eigenvalue weighted by atomic mass is 9.97. The van der Waals surface area contributed by atoms with Gasteiger partial charge in [0.05, 0.1) is 17.0 Å². The lowest BCUT2D eigenvalue weighted by Gasteiger charge is -2.10. The quantitative estimate of drug-likeness (QED) is 0.225. The monoisotopic (exact) mass is 503 g/mol. The fraction of sp³-hybridized carbons (Fsp3) is 0.0556. The van der Waals surface area contributed by atoms with Crippen molar-refractivity contribution < 1.29 is 8.98 Å². The second kappa shape index (κ2) is 9.38. The number of pyridine rings is 2. The van der Waals surface area contributed by atoms with Crippen LogP contribution in [0.25, 0.3) is 66.8 Å². The Morgan fingerprint density at radius 2 is 1.23 bits per heavy atom. The van der Waals surface area contributed by atoms with Crippen LogP contribution in [0.5, 0.6) is 0 Å². The van der Waals surface area contributed by atoms with Gasteiger partial charge in [-0.1, -0.05) is 91.0 Å². The molecule has 0 spiro atoms. The van der Waals surface area contributed by atoms with Gasteiger partial charge in [-0.15, -0.1) is 0 Å². The molecule has 0 saturated heterocycles. The zero-order valence-electron chi connectivity index (χ0n) is 21.9. The zero-order valence-corrected chi connectivity index (χ0v) is 21.9. The summed E-state index contributed by atoms with van der Waals surface area (Å²) >= 11 is 0. The topological polar surface area (TPSA) is 29.9 Å². The number of furan rings is 1. The van der Waals surface area contributed by atoms with E-state index in [1.807, 2.05) is 18.2 Å². The van der Waals surface area contributed by atoms with Gasteiger partial charge in [-0.2, -0.15) is 0 Å². The summed E-state index contributed by atoms with van der Waals surface area (Å²) in [6.07, 6.45) is 2.08. The Kier molecular flexibility index (Phi) is 5.56. The molecule has 0 aliphatic heterocycles. The third kappa shape index (κ3) is 4.00. The van der Waals surface area contributed by atoms with E-state index in [2.05, 4.69) is 128 Å². The molecule has 0 fully saturated rings. The highest BCUT2D eigenvalue weighted by molar-refractivity contribution is 6.13. The number of aromatic nitrogens is 2. The summed E-state index contributed by atoms with van der Waals surface area (Å²) in [6.45, 7) is 2.15. The molecular formula is C36H27N2O+. The van der Waals surface area contributed by atoms with Gasteiger partial charge < -0.3 is 4.42 Å². The third-order valence-corrected chi connectivity index (χ3v) is 7.46. The number of para-hydroxylation sites is 1. The maximum absolute atomic E-state index is 6.82. The van der Waals surface area contributed by atoms with Crippen LogP contribution in [0.3, 0.4) is 0 Å². The summed E-state index contributed by atoms with van der Waals surface area (Å²) in [4.78, 5) is 5.06. The predicted molar refractivity (Wildman–Crippen MR) is 159 cm³/mol. The highest BCUT2D eigenvalue weighted by Gasteiger charge is 2.22. The normalized spacial score (nSPS) is 11.3. The lowest BCUT2D eigenvalue weighted by molar-refractivity contribution is -0.660. The van der Waals surface area contributed by atoms with Crippen molar-refractivity contribution in [2.45, 2.75) is 6.92 Å². The predicted octanol–water partition coefficient (Wildman–Crippen LogP) is 8.78. The number of nitrogens with zero attached hydrogens (tertiary/aromatic N) is 2. The molecular weight excluding hydrogens is 476 g/mol. The van der Waals surface area contributed by atoms with Gasteiger partial charge in [-0.05, 0) is 36.2 Å². The van der Waals surface area contributed by atoms with Crippen molar-refractivity contribution in [3.05, 3.63) is 133 Å². The maximum Gasteiger partial charge on any atom is 0.216 e. The van der Waals surface area contributed by atoms with E-state index in [0.717, 1.165) is 66.8 Å². The van der Waals surface area contributed by atoms with Crippen LogP contribution in [0, 0.1) is 6.92 Å².